The topological polar surface area (TPSA) is 354 Å². The van der Waals surface area contributed by atoms with E-state index in [1.165, 1.54) is 203 Å². The van der Waals surface area contributed by atoms with Crippen LogP contribution in [0.3, 0.4) is 0 Å². The van der Waals surface area contributed by atoms with Crippen molar-refractivity contribution in [3.8, 4) is 0 Å². The Kier molecular flexibility index (Phi) is 29.1. The molecule has 35 nitrogen and oxygen atoms in total. The molecule has 742 valence electrons. The van der Waals surface area contributed by atoms with Crippen molar-refractivity contribution in [2.75, 3.05) is 235 Å². The number of piperidine rings is 2. The maximum Gasteiger partial charge on any atom is 0.172 e. The third-order valence-corrected chi connectivity index (χ3v) is 35.9. The van der Waals surface area contributed by atoms with E-state index in [0.29, 0.717) is 0 Å². The summed E-state index contributed by atoms with van der Waals surface area (Å²) in [5.41, 5.74) is 20.3. The molecule has 0 saturated carbocycles. The number of ether oxygens (including phenoxy) is 5. The molecule has 7 fully saturated rings. The molecule has 40 heteroatoms. The van der Waals surface area contributed by atoms with E-state index in [2.05, 4.69) is 155 Å². The van der Waals surface area contributed by atoms with Gasteiger partial charge in [0.25, 0.3) is 0 Å². The fraction of sp³-hybridized carbons (Fsp3) is 0.604. The van der Waals surface area contributed by atoms with E-state index in [1.54, 1.807) is 56.7 Å². The summed E-state index contributed by atoms with van der Waals surface area (Å²) in [7, 11) is 0. The second-order valence-electron chi connectivity index (χ2n) is 38.9. The van der Waals surface area contributed by atoms with Crippen LogP contribution in [0.25, 0.3) is 102 Å². The summed E-state index contributed by atoms with van der Waals surface area (Å²) in [6.07, 6.45) is 32.9. The Hall–Kier alpha value is -10.1. The van der Waals surface area contributed by atoms with Gasteiger partial charge in [0, 0.05) is 138 Å². The monoisotopic (exact) mass is 2000 g/mol. The van der Waals surface area contributed by atoms with Crippen molar-refractivity contribution in [1.29, 1.82) is 0 Å². The van der Waals surface area contributed by atoms with Crippen LogP contribution in [0.1, 0.15) is 198 Å². The maximum absolute atomic E-state index is 5.58. The van der Waals surface area contributed by atoms with Crippen molar-refractivity contribution in [3.63, 3.8) is 0 Å². The quantitative estimate of drug-likeness (QED) is 0.0855. The molecule has 0 aromatic carbocycles. The lowest BCUT2D eigenvalue weighted by Crippen LogP contribution is -2.37. The Bertz CT molecular complexity index is 6840. The largest absolute Gasteiger partial charge is 0.378 e. The number of morpholine rings is 5. The first-order valence-electron chi connectivity index (χ1n) is 52.5. The van der Waals surface area contributed by atoms with E-state index in [4.69, 9.17) is 48.6 Å². The number of aryl methyl sites for hydroxylation is 6. The first-order valence-corrected chi connectivity index (χ1v) is 56.6. The zero-order valence-electron chi connectivity index (χ0n) is 81.9. The van der Waals surface area contributed by atoms with E-state index >= 15 is 0 Å². The number of hydrogen-bond acceptors (Lipinski definition) is 40. The molecule has 22 heterocycles. The summed E-state index contributed by atoms with van der Waals surface area (Å²) >= 11 is 8.64. The molecule has 15 aromatic rings. The van der Waals surface area contributed by atoms with E-state index in [1.807, 2.05) is 0 Å². The Morgan fingerprint density at radius 1 is 0.255 bits per heavy atom. The van der Waals surface area contributed by atoms with Gasteiger partial charge in [-0.2, -0.15) is 0 Å². The molecule has 0 radical (unpaired) electrons. The normalized spacial score (nSPS) is 18.7. The molecule has 141 heavy (non-hydrogen) atoms. The van der Waals surface area contributed by atoms with Crippen molar-refractivity contribution in [2.45, 2.75) is 207 Å². The Morgan fingerprint density at radius 3 is 0.809 bits per heavy atom. The average molecular weight is 2000 g/mol. The molecule has 0 unspecified atom stereocenters. The SMILES string of the molecule is C1CCN(c2nnnc3c2sc2nc(N4CCOCC4)c4c(c23)CCCC4)CC1.C1CCN(c2nnnc3c2sc2nc(N4CCOCC4)c4c(c23)CCCC4)CC1.CCCNc1nnnc2c1sc1nc(N3CCOCC3)c3c(c12)CCCC3.CCN(CC)CCNc1nnnc2c1sc1nc(N3CCOCC3)c3c(c12)CCCC3.CCc1nnnc2c1sc1nc(N3CCOCC3)c3c(c12)CCCC3. The molecule has 7 aliphatic heterocycles. The summed E-state index contributed by atoms with van der Waals surface area (Å²) in [5, 5.41) is 77.7. The zero-order valence-corrected chi connectivity index (χ0v) is 86.0. The molecule has 12 aliphatic rings. The first-order chi connectivity index (χ1) is 69.8. The predicted octanol–water partition coefficient (Wildman–Crippen LogP) is 15.9. The van der Waals surface area contributed by atoms with E-state index < -0.39 is 0 Å². The standard InChI is InChI=1S/C22H31N7OS.2C21H26N6OS.C19H24N6OS.C18H21N5OS/c1-3-28(4-2)10-9-23-20-19-18(25-27-26-20)17-15-7-5-6-8-16(15)21(24-22(17)31-19)29-11-13-30-14-12-29;2*1-4-8-26(9-5-1)20-18-17(23-25-24-20)16-14-6-2-3-7-15(14)19(22-21(16)29-18)27-10-12-28-13-11-27;1-2-7-20-17-16-15(22-24-23-17)14-12-5-3-4-6-13(12)18(21-19(14)27-16)25-8-10-26-11-9-25;1-2-13-16-15(21-22-20-13)14-11-5-3-4-6-12(11)17(19-18(14)25-16)23-7-9-24-10-8-23/h3-14H2,1-2H3,(H,23,25,26);2*1-13H2;2-11H2,1H3,(H,20,22,23);2-10H2,1H3. The first kappa shape index (κ1) is 94.4. The van der Waals surface area contributed by atoms with Gasteiger partial charge in [0.2, 0.25) is 0 Å². The molecule has 27 rings (SSSR count). The molecule has 7 saturated heterocycles. The van der Waals surface area contributed by atoms with Gasteiger partial charge in [-0.1, -0.05) is 27.7 Å². The third kappa shape index (κ3) is 18.9. The minimum absolute atomic E-state index is 0.775. The fourth-order valence-corrected chi connectivity index (χ4v) is 28.9. The van der Waals surface area contributed by atoms with Gasteiger partial charge in [0.15, 0.2) is 23.3 Å². The summed E-state index contributed by atoms with van der Waals surface area (Å²) in [5.74, 6) is 9.55. The number of hydrogen-bond donors (Lipinski definition) is 2. The molecule has 0 bridgehead atoms. The highest BCUT2D eigenvalue weighted by atomic mass is 32.1. The fourth-order valence-electron chi connectivity index (χ4n) is 23.2. The van der Waals surface area contributed by atoms with E-state index in [-0.39, 0.29) is 0 Å². The van der Waals surface area contributed by atoms with Crippen molar-refractivity contribution in [3.05, 3.63) is 61.3 Å². The number of fused-ring (bicyclic) bond motifs is 25. The molecular weight excluding hydrogens is 1870 g/mol. The van der Waals surface area contributed by atoms with Crippen LogP contribution in [0.4, 0.5) is 52.4 Å². The molecular formula is C101H128N30O5S5. The van der Waals surface area contributed by atoms with Crippen LogP contribution >= 0.6 is 56.7 Å². The highest BCUT2D eigenvalue weighted by Crippen LogP contribution is 2.50. The van der Waals surface area contributed by atoms with Gasteiger partial charge in [-0.15, -0.1) is 108 Å². The van der Waals surface area contributed by atoms with E-state index in [9.17, 15) is 0 Å². The number of pyridine rings is 5. The second kappa shape index (κ2) is 43.4. The minimum atomic E-state index is 0.775. The Balaban J connectivity index is 0.0000000983. The number of rotatable bonds is 17. The highest BCUT2D eigenvalue weighted by Gasteiger charge is 2.36. The third-order valence-electron chi connectivity index (χ3n) is 30.5. The van der Waals surface area contributed by atoms with Gasteiger partial charge in [0.05, 0.1) is 76.5 Å². The summed E-state index contributed by atoms with van der Waals surface area (Å²) < 4.78 is 33.5. The lowest BCUT2D eigenvalue weighted by molar-refractivity contribution is 0.122. The van der Waals surface area contributed by atoms with Crippen molar-refractivity contribution >= 4 is 211 Å². The Labute approximate surface area is 840 Å². The smallest absolute Gasteiger partial charge is 0.172 e. The van der Waals surface area contributed by atoms with Gasteiger partial charge >= 0.3 is 0 Å². The molecule has 0 amide bonds. The number of nitrogens with one attached hydrogen (secondary N) is 2. The van der Waals surface area contributed by atoms with E-state index in [0.717, 1.165) is 383 Å². The van der Waals surface area contributed by atoms with Gasteiger partial charge in [-0.05, 0) is 275 Å². The summed E-state index contributed by atoms with van der Waals surface area (Å²) in [6, 6.07) is 0. The van der Waals surface area contributed by atoms with Gasteiger partial charge in [0.1, 0.15) is 99.6 Å². The summed E-state index contributed by atoms with van der Waals surface area (Å²) in [4.78, 5) is 50.5. The van der Waals surface area contributed by atoms with Crippen molar-refractivity contribution in [2.24, 2.45) is 0 Å². The molecule has 2 N–H and O–H groups in total. The summed E-state index contributed by atoms with van der Waals surface area (Å²) in [6.45, 7) is 34.8. The lowest BCUT2D eigenvalue weighted by Gasteiger charge is -2.31. The molecule has 0 spiro atoms. The average Bonchev–Trinajstić information content (AvgIpc) is 1.61. The van der Waals surface area contributed by atoms with Crippen LogP contribution in [-0.2, 0) is 94.3 Å². The maximum atomic E-state index is 5.58. The van der Waals surface area contributed by atoms with Crippen molar-refractivity contribution in [1.82, 2.24) is 107 Å². The predicted molar refractivity (Wildman–Crippen MR) is 567 cm³/mol. The molecule has 5 aliphatic carbocycles. The van der Waals surface area contributed by atoms with Gasteiger partial charge in [-0.3, -0.25) is 0 Å². The van der Waals surface area contributed by atoms with Crippen LogP contribution in [0, 0.1) is 0 Å². The number of likely N-dealkylation sites (N-methyl/N-ethyl adjacent to an activating group) is 1. The number of nitrogens with zero attached hydrogens (tertiary/aromatic N) is 28. The van der Waals surface area contributed by atoms with Crippen LogP contribution in [0.15, 0.2) is 0 Å². The lowest BCUT2D eigenvalue weighted by atomic mass is 9.90. The molecule has 15 aromatic heterocycles. The number of aromatic nitrogens is 20. The number of anilines is 9. The van der Waals surface area contributed by atoms with Crippen LogP contribution in [0.2, 0.25) is 0 Å². The Morgan fingerprint density at radius 2 is 0.511 bits per heavy atom. The molecule has 0 atom stereocenters. The zero-order chi connectivity index (χ0) is 94.6. The number of thiophene rings is 5. The highest BCUT2D eigenvalue weighted by molar-refractivity contribution is 7.27. The minimum Gasteiger partial charge on any atom is -0.378 e. The van der Waals surface area contributed by atoms with Gasteiger partial charge in [-0.25, -0.2) is 24.9 Å². The van der Waals surface area contributed by atoms with Crippen LogP contribution in [-0.4, -0.2) is 297 Å². The van der Waals surface area contributed by atoms with Crippen LogP contribution in [0.5, 0.6) is 0 Å². The van der Waals surface area contributed by atoms with Gasteiger partial charge < -0.3 is 73.5 Å². The van der Waals surface area contributed by atoms with Crippen LogP contribution < -0.4 is 44.9 Å². The van der Waals surface area contributed by atoms with Crippen molar-refractivity contribution < 1.29 is 23.7 Å². The second-order valence-corrected chi connectivity index (χ2v) is 43.9.